The Bertz CT molecular complexity index is 227. The highest BCUT2D eigenvalue weighted by Gasteiger charge is 2.22. The molecule has 0 aliphatic carbocycles. The third kappa shape index (κ3) is 4.22. The van der Waals surface area contributed by atoms with Crippen LogP contribution in [0.5, 0.6) is 0 Å². The quantitative estimate of drug-likeness (QED) is 0.815. The number of nitrogens with one attached hydrogen (secondary N) is 1. The number of hydrogen-bond donors (Lipinski definition) is 1. The maximum atomic E-state index is 5.73. The van der Waals surface area contributed by atoms with Crippen molar-refractivity contribution in [2.45, 2.75) is 70.6 Å². The van der Waals surface area contributed by atoms with Crippen LogP contribution in [0.25, 0.3) is 0 Å². The molecule has 0 amide bonds. The van der Waals surface area contributed by atoms with Crippen molar-refractivity contribution in [3.63, 3.8) is 0 Å². The van der Waals surface area contributed by atoms with Crippen molar-refractivity contribution in [3.05, 3.63) is 0 Å². The van der Waals surface area contributed by atoms with E-state index in [2.05, 4.69) is 24.1 Å². The molecular formula is C15H30N2O. The minimum atomic E-state index is 0.488. The van der Waals surface area contributed by atoms with Gasteiger partial charge in [0.1, 0.15) is 0 Å². The Kier molecular flexibility index (Phi) is 5.93. The summed E-state index contributed by atoms with van der Waals surface area (Å²) in [6.45, 7) is 9.27. The van der Waals surface area contributed by atoms with Crippen molar-refractivity contribution < 1.29 is 4.74 Å². The van der Waals surface area contributed by atoms with E-state index in [0.29, 0.717) is 18.2 Å². The molecule has 0 aromatic rings. The average molecular weight is 254 g/mol. The van der Waals surface area contributed by atoms with Gasteiger partial charge in [-0.25, -0.2) is 0 Å². The van der Waals surface area contributed by atoms with Crippen LogP contribution < -0.4 is 5.32 Å². The number of piperidine rings is 1. The van der Waals surface area contributed by atoms with E-state index in [1.165, 1.54) is 45.2 Å². The maximum Gasteiger partial charge on any atom is 0.0587 e. The normalized spacial score (nSPS) is 32.3. The molecule has 3 nitrogen and oxygen atoms in total. The highest BCUT2D eigenvalue weighted by atomic mass is 16.5. The summed E-state index contributed by atoms with van der Waals surface area (Å²) in [5.74, 6) is 0. The van der Waals surface area contributed by atoms with Crippen molar-refractivity contribution in [3.8, 4) is 0 Å². The lowest BCUT2D eigenvalue weighted by molar-refractivity contribution is -0.00120. The van der Waals surface area contributed by atoms with E-state index >= 15 is 0 Å². The first kappa shape index (κ1) is 14.3. The third-order valence-corrected chi connectivity index (χ3v) is 4.54. The van der Waals surface area contributed by atoms with Crippen molar-refractivity contribution in [2.75, 3.05) is 26.2 Å². The van der Waals surface area contributed by atoms with Gasteiger partial charge in [-0.2, -0.15) is 0 Å². The van der Waals surface area contributed by atoms with Gasteiger partial charge in [-0.1, -0.05) is 13.3 Å². The molecule has 0 bridgehead atoms. The molecule has 106 valence electrons. The Morgan fingerprint density at radius 3 is 2.78 bits per heavy atom. The van der Waals surface area contributed by atoms with Crippen LogP contribution >= 0.6 is 0 Å². The predicted octanol–water partition coefficient (Wildman–Crippen LogP) is 2.41. The summed E-state index contributed by atoms with van der Waals surface area (Å²) in [6.07, 6.45) is 8.22. The standard InChI is InChI=1S/C15H30N2O/c1-3-15-11-14(7-10-18-15)16-12-13(2)17-8-5-4-6-9-17/h13-16H,3-12H2,1-2H3. The summed E-state index contributed by atoms with van der Waals surface area (Å²) in [4.78, 5) is 2.65. The molecule has 3 unspecified atom stereocenters. The molecule has 0 saturated carbocycles. The zero-order valence-electron chi connectivity index (χ0n) is 12.2. The highest BCUT2D eigenvalue weighted by molar-refractivity contribution is 4.79. The molecule has 2 rings (SSSR count). The predicted molar refractivity (Wildman–Crippen MR) is 75.9 cm³/mol. The summed E-state index contributed by atoms with van der Waals surface area (Å²) in [7, 11) is 0. The van der Waals surface area contributed by atoms with E-state index in [0.717, 1.165) is 19.6 Å². The van der Waals surface area contributed by atoms with E-state index in [4.69, 9.17) is 4.74 Å². The number of rotatable bonds is 5. The minimum Gasteiger partial charge on any atom is -0.378 e. The lowest BCUT2D eigenvalue weighted by Crippen LogP contribution is -2.47. The largest absolute Gasteiger partial charge is 0.378 e. The minimum absolute atomic E-state index is 0.488. The van der Waals surface area contributed by atoms with Crippen molar-refractivity contribution in [2.24, 2.45) is 0 Å². The van der Waals surface area contributed by atoms with Gasteiger partial charge in [0.25, 0.3) is 0 Å². The monoisotopic (exact) mass is 254 g/mol. The molecule has 1 N–H and O–H groups in total. The van der Waals surface area contributed by atoms with Crippen molar-refractivity contribution in [1.82, 2.24) is 10.2 Å². The fourth-order valence-electron chi connectivity index (χ4n) is 3.18. The first-order valence-corrected chi connectivity index (χ1v) is 7.88. The Hall–Kier alpha value is -0.120. The van der Waals surface area contributed by atoms with Gasteiger partial charge in [0.15, 0.2) is 0 Å². The number of hydrogen-bond acceptors (Lipinski definition) is 3. The van der Waals surface area contributed by atoms with E-state index in [9.17, 15) is 0 Å². The van der Waals surface area contributed by atoms with Gasteiger partial charge in [0, 0.05) is 25.2 Å². The molecule has 2 fully saturated rings. The van der Waals surface area contributed by atoms with Crippen molar-refractivity contribution >= 4 is 0 Å². The molecule has 3 atom stereocenters. The highest BCUT2D eigenvalue weighted by Crippen LogP contribution is 2.17. The second-order valence-corrected chi connectivity index (χ2v) is 5.98. The zero-order valence-corrected chi connectivity index (χ0v) is 12.2. The van der Waals surface area contributed by atoms with Crippen LogP contribution in [0.4, 0.5) is 0 Å². The third-order valence-electron chi connectivity index (χ3n) is 4.54. The van der Waals surface area contributed by atoms with Crippen LogP contribution in [0.2, 0.25) is 0 Å². The molecule has 2 saturated heterocycles. The molecule has 18 heavy (non-hydrogen) atoms. The van der Waals surface area contributed by atoms with Gasteiger partial charge < -0.3 is 10.1 Å². The number of nitrogens with zero attached hydrogens (tertiary/aromatic N) is 1. The lowest BCUT2D eigenvalue weighted by Gasteiger charge is -2.35. The molecule has 0 radical (unpaired) electrons. The lowest BCUT2D eigenvalue weighted by atomic mass is 10.0. The van der Waals surface area contributed by atoms with Gasteiger partial charge in [0.05, 0.1) is 6.10 Å². The number of likely N-dealkylation sites (tertiary alicyclic amines) is 1. The number of ether oxygens (including phenoxy) is 1. The van der Waals surface area contributed by atoms with E-state index in [1.807, 2.05) is 0 Å². The van der Waals surface area contributed by atoms with Crippen LogP contribution in [0.1, 0.15) is 52.4 Å². The van der Waals surface area contributed by atoms with E-state index in [-0.39, 0.29) is 0 Å². The van der Waals surface area contributed by atoms with Gasteiger partial charge in [0.2, 0.25) is 0 Å². The van der Waals surface area contributed by atoms with Crippen LogP contribution in [0, 0.1) is 0 Å². The van der Waals surface area contributed by atoms with Gasteiger partial charge in [-0.15, -0.1) is 0 Å². The Morgan fingerprint density at radius 1 is 1.28 bits per heavy atom. The summed E-state index contributed by atoms with van der Waals surface area (Å²) < 4.78 is 5.73. The second kappa shape index (κ2) is 7.46. The fraction of sp³-hybridized carbons (Fsp3) is 1.00. The van der Waals surface area contributed by atoms with Crippen LogP contribution in [-0.4, -0.2) is 49.3 Å². The summed E-state index contributed by atoms with van der Waals surface area (Å²) >= 11 is 0. The van der Waals surface area contributed by atoms with Gasteiger partial charge in [-0.05, 0) is 52.1 Å². The average Bonchev–Trinajstić information content (AvgIpc) is 2.46. The SMILES string of the molecule is CCC1CC(NCC(C)N2CCCCC2)CCO1. The summed E-state index contributed by atoms with van der Waals surface area (Å²) in [5.41, 5.74) is 0. The van der Waals surface area contributed by atoms with E-state index in [1.54, 1.807) is 0 Å². The summed E-state index contributed by atoms with van der Waals surface area (Å²) in [5, 5.41) is 3.76. The van der Waals surface area contributed by atoms with Gasteiger partial charge in [-0.3, -0.25) is 4.90 Å². The van der Waals surface area contributed by atoms with Crippen LogP contribution in [0.3, 0.4) is 0 Å². The first-order valence-electron chi connectivity index (χ1n) is 7.88. The molecule has 0 aromatic heterocycles. The van der Waals surface area contributed by atoms with Gasteiger partial charge >= 0.3 is 0 Å². The molecule has 2 aliphatic rings. The molecule has 2 heterocycles. The Morgan fingerprint density at radius 2 is 2.06 bits per heavy atom. The topological polar surface area (TPSA) is 24.5 Å². The Balaban J connectivity index is 1.66. The van der Waals surface area contributed by atoms with Crippen molar-refractivity contribution in [1.29, 1.82) is 0 Å². The zero-order chi connectivity index (χ0) is 12.8. The second-order valence-electron chi connectivity index (χ2n) is 5.98. The molecule has 3 heteroatoms. The van der Waals surface area contributed by atoms with Crippen LogP contribution in [-0.2, 0) is 4.74 Å². The first-order chi connectivity index (χ1) is 8.79. The van der Waals surface area contributed by atoms with E-state index < -0.39 is 0 Å². The Labute approximate surface area is 112 Å². The molecule has 2 aliphatic heterocycles. The van der Waals surface area contributed by atoms with Crippen LogP contribution in [0.15, 0.2) is 0 Å². The molecular weight excluding hydrogens is 224 g/mol. The smallest absolute Gasteiger partial charge is 0.0587 e. The fourth-order valence-corrected chi connectivity index (χ4v) is 3.18. The summed E-state index contributed by atoms with van der Waals surface area (Å²) in [6, 6.07) is 1.36. The molecule has 0 spiro atoms. The molecule has 0 aromatic carbocycles. The maximum absolute atomic E-state index is 5.73.